The summed E-state index contributed by atoms with van der Waals surface area (Å²) in [5.74, 6) is -2.25. The molecule has 0 heterocycles. The van der Waals surface area contributed by atoms with Crippen LogP contribution in [0, 0.1) is 17.3 Å². The number of methoxy groups -OCH3 is 1. The third-order valence-electron chi connectivity index (χ3n) is 6.08. The molecule has 29 heavy (non-hydrogen) atoms. The fourth-order valence-corrected chi connectivity index (χ4v) is 4.95. The van der Waals surface area contributed by atoms with Crippen molar-refractivity contribution in [2.24, 2.45) is 22.4 Å². The lowest BCUT2D eigenvalue weighted by Gasteiger charge is -2.42. The number of oxime groups is 1. The summed E-state index contributed by atoms with van der Waals surface area (Å²) in [5.41, 5.74) is 2.71. The zero-order valence-electron chi connectivity index (χ0n) is 18.6. The van der Waals surface area contributed by atoms with Crippen molar-refractivity contribution in [3.63, 3.8) is 0 Å². The molecule has 0 saturated heterocycles. The monoisotopic (exact) mass is 405 g/mol. The van der Waals surface area contributed by atoms with Crippen LogP contribution in [0.4, 0.5) is 0 Å². The number of ether oxygens (including phenoxy) is 1. The van der Waals surface area contributed by atoms with Crippen LogP contribution in [0.3, 0.4) is 0 Å². The summed E-state index contributed by atoms with van der Waals surface area (Å²) in [5, 5.41) is 15.2. The summed E-state index contributed by atoms with van der Waals surface area (Å²) in [6, 6.07) is 0. The van der Waals surface area contributed by atoms with Crippen molar-refractivity contribution in [1.82, 2.24) is 0 Å². The first kappa shape index (κ1) is 23.2. The number of hydrogen-bond acceptors (Lipinski definition) is 6. The number of rotatable bonds is 7. The van der Waals surface area contributed by atoms with Crippen LogP contribution in [0.25, 0.3) is 0 Å². The normalized spacial score (nSPS) is 25.3. The van der Waals surface area contributed by atoms with Gasteiger partial charge in [0.05, 0.1) is 18.4 Å². The van der Waals surface area contributed by atoms with Crippen molar-refractivity contribution < 1.29 is 24.3 Å². The number of esters is 1. The van der Waals surface area contributed by atoms with Gasteiger partial charge < -0.3 is 14.7 Å². The van der Waals surface area contributed by atoms with Crippen LogP contribution in [0.5, 0.6) is 0 Å². The molecule has 0 amide bonds. The largest absolute Gasteiger partial charge is 0.511 e. The average Bonchev–Trinajstić information content (AvgIpc) is 2.64. The van der Waals surface area contributed by atoms with Gasteiger partial charge in [-0.2, -0.15) is 0 Å². The molecule has 1 N–H and O–H groups in total. The molecule has 0 aliphatic heterocycles. The molecule has 0 aromatic rings. The van der Waals surface area contributed by atoms with Gasteiger partial charge in [-0.25, -0.2) is 0 Å². The van der Waals surface area contributed by atoms with Gasteiger partial charge in [-0.05, 0) is 44.9 Å². The summed E-state index contributed by atoms with van der Waals surface area (Å²) in [7, 11) is 1.32. The Balaban J connectivity index is 2.63. The second kappa shape index (κ2) is 9.59. The second-order valence-corrected chi connectivity index (χ2v) is 8.63. The standard InChI is InChI=1S/C23H35NO5/c1-7-10-16(24-29-8-2)19-17(25)13-15(18(21(19)26)22(27)28-6)20-14(3)11-9-12-23(20,4)5/h15,18,26H,7-13H2,1-6H3. The van der Waals surface area contributed by atoms with Gasteiger partial charge in [0, 0.05) is 12.3 Å². The van der Waals surface area contributed by atoms with Crippen molar-refractivity contribution >= 4 is 17.5 Å². The predicted molar refractivity (Wildman–Crippen MR) is 113 cm³/mol. The van der Waals surface area contributed by atoms with E-state index >= 15 is 0 Å². The van der Waals surface area contributed by atoms with Crippen molar-refractivity contribution in [2.45, 2.75) is 73.1 Å². The highest BCUT2D eigenvalue weighted by atomic mass is 16.6. The highest BCUT2D eigenvalue weighted by Crippen LogP contribution is 2.50. The SMILES string of the molecule is CCCC(=NOCC)C1=C(O)C(C(=O)OC)C(C2=C(C)CCCC2(C)C)CC1=O. The molecule has 2 unspecified atom stereocenters. The van der Waals surface area contributed by atoms with E-state index in [1.54, 1.807) is 6.92 Å². The quantitative estimate of drug-likeness (QED) is 0.282. The minimum Gasteiger partial charge on any atom is -0.511 e. The molecular formula is C23H35NO5. The molecule has 0 fully saturated rings. The summed E-state index contributed by atoms with van der Waals surface area (Å²) < 4.78 is 5.05. The lowest BCUT2D eigenvalue weighted by molar-refractivity contribution is -0.147. The molecule has 0 spiro atoms. The van der Waals surface area contributed by atoms with E-state index in [0.29, 0.717) is 18.7 Å². The predicted octanol–water partition coefficient (Wildman–Crippen LogP) is 4.90. The number of nitrogens with zero attached hydrogens (tertiary/aromatic N) is 1. The highest BCUT2D eigenvalue weighted by molar-refractivity contribution is 6.23. The van der Waals surface area contributed by atoms with E-state index < -0.39 is 17.8 Å². The molecule has 0 aromatic heterocycles. The maximum Gasteiger partial charge on any atom is 0.317 e. The number of hydrogen-bond donors (Lipinski definition) is 1. The molecule has 2 aliphatic carbocycles. The van der Waals surface area contributed by atoms with E-state index in [1.807, 2.05) is 6.92 Å². The Hall–Kier alpha value is -2.11. The van der Waals surface area contributed by atoms with Crippen molar-refractivity contribution in [2.75, 3.05) is 13.7 Å². The van der Waals surface area contributed by atoms with Crippen LogP contribution >= 0.6 is 0 Å². The first-order valence-corrected chi connectivity index (χ1v) is 10.6. The van der Waals surface area contributed by atoms with Crippen LogP contribution in [0.1, 0.15) is 73.1 Å². The summed E-state index contributed by atoms with van der Waals surface area (Å²) in [6.07, 6.45) is 4.39. The molecule has 0 saturated carbocycles. The molecule has 2 aliphatic rings. The van der Waals surface area contributed by atoms with E-state index in [0.717, 1.165) is 31.3 Å². The van der Waals surface area contributed by atoms with Crippen LogP contribution < -0.4 is 0 Å². The second-order valence-electron chi connectivity index (χ2n) is 8.63. The molecule has 2 atom stereocenters. The number of carbonyl (C=O) groups excluding carboxylic acids is 2. The highest BCUT2D eigenvalue weighted by Gasteiger charge is 2.48. The van der Waals surface area contributed by atoms with Crippen LogP contribution in [-0.4, -0.2) is 36.3 Å². The first-order valence-electron chi connectivity index (χ1n) is 10.6. The fraction of sp³-hybridized carbons (Fsp3) is 0.696. The van der Waals surface area contributed by atoms with Crippen LogP contribution in [-0.2, 0) is 19.2 Å². The average molecular weight is 406 g/mol. The number of Topliss-reactive ketones (excluding diaryl/α,β-unsaturated/α-hetero) is 1. The van der Waals surface area contributed by atoms with E-state index in [4.69, 9.17) is 9.57 Å². The Labute approximate surface area is 174 Å². The molecule has 6 nitrogen and oxygen atoms in total. The summed E-state index contributed by atoms with van der Waals surface area (Å²) in [6.45, 7) is 10.5. The number of aliphatic hydroxyl groups is 1. The number of aliphatic hydroxyl groups excluding tert-OH is 1. The maximum atomic E-state index is 13.2. The number of carbonyl (C=O) groups is 2. The summed E-state index contributed by atoms with van der Waals surface area (Å²) in [4.78, 5) is 31.1. The molecule has 162 valence electrons. The van der Waals surface area contributed by atoms with Gasteiger partial charge in [-0.3, -0.25) is 9.59 Å². The van der Waals surface area contributed by atoms with Gasteiger partial charge in [0.1, 0.15) is 18.3 Å². The minimum absolute atomic E-state index is 0.124. The zero-order chi connectivity index (χ0) is 21.8. The molecule has 0 radical (unpaired) electrons. The molecular weight excluding hydrogens is 370 g/mol. The van der Waals surface area contributed by atoms with Crippen molar-refractivity contribution in [1.29, 1.82) is 0 Å². The summed E-state index contributed by atoms with van der Waals surface area (Å²) >= 11 is 0. The lowest BCUT2D eigenvalue weighted by atomic mass is 9.62. The van der Waals surface area contributed by atoms with Gasteiger partial charge >= 0.3 is 5.97 Å². The number of allylic oxidation sites excluding steroid dienone is 3. The van der Waals surface area contributed by atoms with Crippen molar-refractivity contribution in [3.05, 3.63) is 22.5 Å². The fourth-order valence-electron chi connectivity index (χ4n) is 4.95. The zero-order valence-corrected chi connectivity index (χ0v) is 18.6. The molecule has 0 bridgehead atoms. The van der Waals surface area contributed by atoms with Gasteiger partial charge in [0.25, 0.3) is 0 Å². The number of ketones is 1. The van der Waals surface area contributed by atoms with E-state index in [1.165, 1.54) is 12.7 Å². The van der Waals surface area contributed by atoms with Gasteiger partial charge in [0.15, 0.2) is 5.78 Å². The Morgan fingerprint density at radius 1 is 1.31 bits per heavy atom. The minimum atomic E-state index is -0.904. The smallest absolute Gasteiger partial charge is 0.317 e. The van der Waals surface area contributed by atoms with Crippen LogP contribution in [0.15, 0.2) is 27.6 Å². The molecule has 2 rings (SSSR count). The molecule has 6 heteroatoms. The third kappa shape index (κ3) is 4.73. The Bertz CT molecular complexity index is 744. The lowest BCUT2D eigenvalue weighted by Crippen LogP contribution is -2.41. The topological polar surface area (TPSA) is 85.2 Å². The van der Waals surface area contributed by atoms with Gasteiger partial charge in [0.2, 0.25) is 0 Å². The van der Waals surface area contributed by atoms with Crippen LogP contribution in [0.2, 0.25) is 0 Å². The third-order valence-corrected chi connectivity index (χ3v) is 6.08. The van der Waals surface area contributed by atoms with E-state index in [-0.39, 0.29) is 29.0 Å². The Morgan fingerprint density at radius 2 is 2.00 bits per heavy atom. The van der Waals surface area contributed by atoms with Crippen molar-refractivity contribution in [3.8, 4) is 0 Å². The Kier molecular flexibility index (Phi) is 7.66. The Morgan fingerprint density at radius 3 is 2.55 bits per heavy atom. The first-order chi connectivity index (χ1) is 13.7. The van der Waals surface area contributed by atoms with E-state index in [2.05, 4.69) is 25.9 Å². The molecule has 0 aromatic carbocycles. The van der Waals surface area contributed by atoms with Gasteiger partial charge in [-0.1, -0.05) is 43.5 Å². The van der Waals surface area contributed by atoms with E-state index in [9.17, 15) is 14.7 Å². The maximum absolute atomic E-state index is 13.2. The van der Waals surface area contributed by atoms with Gasteiger partial charge in [-0.15, -0.1) is 0 Å².